The maximum atomic E-state index is 11.9. The van der Waals surface area contributed by atoms with E-state index in [1.165, 1.54) is 4.31 Å². The van der Waals surface area contributed by atoms with E-state index in [1.54, 1.807) is 24.3 Å². The van der Waals surface area contributed by atoms with Gasteiger partial charge in [-0.1, -0.05) is 13.8 Å². The molecule has 2 rings (SSSR count). The predicted molar refractivity (Wildman–Crippen MR) is 79.4 cm³/mol. The van der Waals surface area contributed by atoms with Crippen molar-refractivity contribution < 1.29 is 13.2 Å². The summed E-state index contributed by atoms with van der Waals surface area (Å²) in [6.07, 6.45) is 0.652. The fraction of sp³-hybridized carbons (Fsp3) is 0.500. The van der Waals surface area contributed by atoms with Gasteiger partial charge in [-0.05, 0) is 36.6 Å². The third-order valence-corrected chi connectivity index (χ3v) is 5.06. The van der Waals surface area contributed by atoms with E-state index in [2.05, 4.69) is 5.32 Å². The quantitative estimate of drug-likeness (QED) is 0.918. The molecule has 1 heterocycles. The maximum Gasteiger partial charge on any atom is 0.251 e. The van der Waals surface area contributed by atoms with Gasteiger partial charge in [0, 0.05) is 18.7 Å². The lowest BCUT2D eigenvalue weighted by atomic mass is 10.1. The van der Waals surface area contributed by atoms with Crippen LogP contribution in [0.5, 0.6) is 0 Å². The minimum absolute atomic E-state index is 0.130. The minimum Gasteiger partial charge on any atom is -0.352 e. The third kappa shape index (κ3) is 3.30. The third-order valence-electron chi connectivity index (χ3n) is 3.19. The first-order chi connectivity index (χ1) is 9.40. The highest BCUT2D eigenvalue weighted by atomic mass is 32.2. The molecule has 6 heteroatoms. The number of benzene rings is 1. The molecule has 0 unspecified atom stereocenters. The molecule has 1 aliphatic heterocycles. The smallest absolute Gasteiger partial charge is 0.251 e. The highest BCUT2D eigenvalue weighted by Crippen LogP contribution is 2.24. The first-order valence-corrected chi connectivity index (χ1v) is 8.40. The molecule has 1 aromatic rings. The molecule has 1 fully saturated rings. The fourth-order valence-electron chi connectivity index (χ4n) is 2.11. The minimum atomic E-state index is -3.16. The molecule has 0 aliphatic carbocycles. The molecule has 0 aromatic heterocycles. The number of hydrogen-bond acceptors (Lipinski definition) is 3. The van der Waals surface area contributed by atoms with Crippen molar-refractivity contribution in [3.63, 3.8) is 0 Å². The van der Waals surface area contributed by atoms with Gasteiger partial charge in [0.1, 0.15) is 0 Å². The summed E-state index contributed by atoms with van der Waals surface area (Å²) in [6.45, 7) is 5.20. The summed E-state index contributed by atoms with van der Waals surface area (Å²) in [4.78, 5) is 11.9. The van der Waals surface area contributed by atoms with Crippen LogP contribution in [0.3, 0.4) is 0 Å². The van der Waals surface area contributed by atoms with Gasteiger partial charge >= 0.3 is 0 Å². The Morgan fingerprint density at radius 3 is 2.45 bits per heavy atom. The van der Waals surface area contributed by atoms with Gasteiger partial charge in [0.2, 0.25) is 10.0 Å². The molecule has 20 heavy (non-hydrogen) atoms. The van der Waals surface area contributed by atoms with E-state index in [1.807, 2.05) is 13.8 Å². The summed E-state index contributed by atoms with van der Waals surface area (Å²) in [5.41, 5.74) is 1.17. The lowest BCUT2D eigenvalue weighted by Gasteiger charge is -2.17. The van der Waals surface area contributed by atoms with Gasteiger partial charge in [0.15, 0.2) is 0 Å². The lowest BCUT2D eigenvalue weighted by Crippen LogP contribution is -2.27. The first kappa shape index (κ1) is 14.8. The van der Waals surface area contributed by atoms with Crippen molar-refractivity contribution >= 4 is 21.6 Å². The van der Waals surface area contributed by atoms with Crippen LogP contribution in [-0.2, 0) is 10.0 Å². The number of carbonyl (C=O) groups is 1. The highest BCUT2D eigenvalue weighted by Gasteiger charge is 2.28. The van der Waals surface area contributed by atoms with Crippen LogP contribution < -0.4 is 9.62 Å². The zero-order chi connectivity index (χ0) is 14.8. The number of amides is 1. The molecular formula is C14H20N2O3S. The summed E-state index contributed by atoms with van der Waals surface area (Å²) in [5.74, 6) is 0.464. The molecule has 0 spiro atoms. The number of nitrogens with zero attached hydrogens (tertiary/aromatic N) is 1. The van der Waals surface area contributed by atoms with Gasteiger partial charge in [0.05, 0.1) is 11.4 Å². The molecule has 5 nitrogen and oxygen atoms in total. The molecule has 1 N–H and O–H groups in total. The Morgan fingerprint density at radius 2 is 1.95 bits per heavy atom. The summed E-state index contributed by atoms with van der Waals surface area (Å²) in [7, 11) is -3.16. The Morgan fingerprint density at radius 1 is 1.30 bits per heavy atom. The SMILES string of the molecule is CC(C)CNC(=O)c1ccc(N2CCCS2(=O)=O)cc1. The van der Waals surface area contributed by atoms with E-state index in [9.17, 15) is 13.2 Å². The van der Waals surface area contributed by atoms with Crippen molar-refractivity contribution in [1.29, 1.82) is 0 Å². The Hall–Kier alpha value is -1.56. The second-order valence-corrected chi connectivity index (χ2v) is 7.41. The van der Waals surface area contributed by atoms with Crippen LogP contribution in [0.4, 0.5) is 5.69 Å². The second kappa shape index (κ2) is 5.83. The van der Waals surface area contributed by atoms with E-state index in [4.69, 9.17) is 0 Å². The molecule has 0 saturated carbocycles. The molecule has 110 valence electrons. The van der Waals surface area contributed by atoms with Crippen LogP contribution in [0.1, 0.15) is 30.6 Å². The molecule has 1 saturated heterocycles. The van der Waals surface area contributed by atoms with Gasteiger partial charge in [0.25, 0.3) is 5.91 Å². The standard InChI is InChI=1S/C14H20N2O3S/c1-11(2)10-15-14(17)12-4-6-13(7-5-12)16-8-3-9-20(16,18)19/h4-7,11H,3,8-10H2,1-2H3,(H,15,17). The fourth-order valence-corrected chi connectivity index (χ4v) is 3.67. The molecular weight excluding hydrogens is 276 g/mol. The van der Waals surface area contributed by atoms with Crippen LogP contribution in [0.2, 0.25) is 0 Å². The average Bonchev–Trinajstić information content (AvgIpc) is 2.76. The van der Waals surface area contributed by atoms with Crippen LogP contribution in [0, 0.1) is 5.92 Å². The van der Waals surface area contributed by atoms with Crippen molar-refractivity contribution in [2.45, 2.75) is 20.3 Å². The van der Waals surface area contributed by atoms with Crippen LogP contribution in [0.15, 0.2) is 24.3 Å². The summed E-state index contributed by atoms with van der Waals surface area (Å²) >= 11 is 0. The van der Waals surface area contributed by atoms with Crippen molar-refractivity contribution in [3.05, 3.63) is 29.8 Å². The zero-order valence-electron chi connectivity index (χ0n) is 11.8. The molecule has 0 bridgehead atoms. The van der Waals surface area contributed by atoms with Crippen LogP contribution >= 0.6 is 0 Å². The predicted octanol–water partition coefficient (Wildman–Crippen LogP) is 1.61. The summed E-state index contributed by atoms with van der Waals surface area (Å²) < 4.78 is 25.0. The van der Waals surface area contributed by atoms with Crippen molar-refractivity contribution in [1.82, 2.24) is 5.32 Å². The lowest BCUT2D eigenvalue weighted by molar-refractivity contribution is 0.0949. The molecule has 1 amide bonds. The second-order valence-electron chi connectivity index (χ2n) is 5.39. The van der Waals surface area contributed by atoms with Gasteiger partial charge < -0.3 is 5.32 Å². The summed E-state index contributed by atoms with van der Waals surface area (Å²) in [5, 5.41) is 2.83. The van der Waals surface area contributed by atoms with Gasteiger partial charge in [-0.15, -0.1) is 0 Å². The molecule has 0 radical (unpaired) electrons. The monoisotopic (exact) mass is 296 g/mol. The number of carbonyl (C=O) groups excluding carboxylic acids is 1. The van der Waals surface area contributed by atoms with E-state index >= 15 is 0 Å². The molecule has 0 atom stereocenters. The van der Waals surface area contributed by atoms with Gasteiger partial charge in [-0.2, -0.15) is 0 Å². The van der Waals surface area contributed by atoms with Crippen LogP contribution in [-0.4, -0.2) is 33.2 Å². The van der Waals surface area contributed by atoms with E-state index in [0.717, 1.165) is 0 Å². The number of anilines is 1. The van der Waals surface area contributed by atoms with E-state index in [-0.39, 0.29) is 11.7 Å². The topological polar surface area (TPSA) is 66.5 Å². The Bertz CT molecular complexity index is 579. The van der Waals surface area contributed by atoms with E-state index < -0.39 is 10.0 Å². The van der Waals surface area contributed by atoms with Gasteiger partial charge in [-0.25, -0.2) is 8.42 Å². The molecule has 1 aromatic carbocycles. The number of sulfonamides is 1. The van der Waals surface area contributed by atoms with Gasteiger partial charge in [-0.3, -0.25) is 9.10 Å². The van der Waals surface area contributed by atoms with Crippen molar-refractivity contribution in [2.75, 3.05) is 23.1 Å². The number of nitrogens with one attached hydrogen (secondary N) is 1. The highest BCUT2D eigenvalue weighted by molar-refractivity contribution is 7.93. The number of hydrogen-bond donors (Lipinski definition) is 1. The average molecular weight is 296 g/mol. The van der Waals surface area contributed by atoms with E-state index in [0.29, 0.717) is 36.7 Å². The Labute approximate surface area is 120 Å². The van der Waals surface area contributed by atoms with Crippen molar-refractivity contribution in [2.24, 2.45) is 5.92 Å². The zero-order valence-corrected chi connectivity index (χ0v) is 12.6. The van der Waals surface area contributed by atoms with Crippen molar-refractivity contribution in [3.8, 4) is 0 Å². The molecule has 1 aliphatic rings. The Balaban J connectivity index is 2.09. The summed E-state index contributed by atoms with van der Waals surface area (Å²) in [6, 6.07) is 6.71. The Kier molecular flexibility index (Phi) is 4.32. The largest absolute Gasteiger partial charge is 0.352 e. The van der Waals surface area contributed by atoms with Crippen LogP contribution in [0.25, 0.3) is 0 Å². The number of rotatable bonds is 4. The maximum absolute atomic E-state index is 11.9. The normalized spacial score (nSPS) is 17.4. The first-order valence-electron chi connectivity index (χ1n) is 6.79.